The summed E-state index contributed by atoms with van der Waals surface area (Å²) in [4.78, 5) is 0. The zero-order valence-corrected chi connectivity index (χ0v) is 20.2. The first-order valence-electron chi connectivity index (χ1n) is 5.06. The molecule has 0 aliphatic heterocycles. The smallest absolute Gasteiger partial charge is 0.152 e. The number of halogens is 7. The van der Waals surface area contributed by atoms with Gasteiger partial charge in [0.15, 0.2) is 11.2 Å². The minimum Gasteiger partial charge on any atom is -0.454 e. The third-order valence-electron chi connectivity index (χ3n) is 2.80. The highest BCUT2D eigenvalue weighted by atomic mass is 79.9. The summed E-state index contributed by atoms with van der Waals surface area (Å²) in [5.74, 6) is 0. The monoisotopic (exact) mass is 713 g/mol. The van der Waals surface area contributed by atoms with Crippen LogP contribution in [0.1, 0.15) is 0 Å². The standard InChI is InChI=1S/C12HBr7O/c13-2-1-3(14)11-4(6(2)15)5-7(16)8(17)9(18)10(19)12(5)20-11/h1H. The van der Waals surface area contributed by atoms with Crippen molar-refractivity contribution < 1.29 is 4.42 Å². The van der Waals surface area contributed by atoms with Gasteiger partial charge in [-0.15, -0.1) is 0 Å². The van der Waals surface area contributed by atoms with E-state index in [0.29, 0.717) is 0 Å². The summed E-state index contributed by atoms with van der Waals surface area (Å²) in [6.07, 6.45) is 0. The van der Waals surface area contributed by atoms with Gasteiger partial charge in [-0.25, -0.2) is 0 Å². The molecule has 3 aromatic rings. The van der Waals surface area contributed by atoms with E-state index in [-0.39, 0.29) is 0 Å². The maximum absolute atomic E-state index is 6.04. The summed E-state index contributed by atoms with van der Waals surface area (Å²) in [7, 11) is 0. The molecule has 0 saturated heterocycles. The van der Waals surface area contributed by atoms with Gasteiger partial charge in [-0.3, -0.25) is 0 Å². The van der Waals surface area contributed by atoms with Crippen LogP contribution in [-0.4, -0.2) is 0 Å². The van der Waals surface area contributed by atoms with Crippen LogP contribution in [0, 0.1) is 0 Å². The van der Waals surface area contributed by atoms with Gasteiger partial charge in [0.05, 0.1) is 13.4 Å². The summed E-state index contributed by atoms with van der Waals surface area (Å²) in [5, 5.41) is 2.00. The van der Waals surface area contributed by atoms with Gasteiger partial charge >= 0.3 is 0 Å². The maximum atomic E-state index is 6.04. The van der Waals surface area contributed by atoms with Gasteiger partial charge in [-0.2, -0.15) is 0 Å². The molecule has 104 valence electrons. The molecule has 0 amide bonds. The lowest BCUT2D eigenvalue weighted by Gasteiger charge is -2.05. The quantitative estimate of drug-likeness (QED) is 0.167. The molecule has 8 heteroatoms. The Morgan fingerprint density at radius 1 is 0.550 bits per heavy atom. The van der Waals surface area contributed by atoms with Crippen molar-refractivity contribution >= 4 is 133 Å². The molecule has 0 spiro atoms. The first-order valence-corrected chi connectivity index (χ1v) is 10.6. The third-order valence-corrected chi connectivity index (χ3v) is 10.1. The molecule has 0 aliphatic carbocycles. The Labute approximate surface area is 173 Å². The van der Waals surface area contributed by atoms with Crippen LogP contribution in [0.2, 0.25) is 0 Å². The van der Waals surface area contributed by atoms with Crippen LogP contribution in [0.15, 0.2) is 41.8 Å². The summed E-state index contributed by atoms with van der Waals surface area (Å²) >= 11 is 25.1. The number of hydrogen-bond acceptors (Lipinski definition) is 1. The van der Waals surface area contributed by atoms with Crippen LogP contribution < -0.4 is 0 Å². The molecule has 0 unspecified atom stereocenters. The van der Waals surface area contributed by atoms with Gasteiger partial charge in [-0.1, -0.05) is 0 Å². The van der Waals surface area contributed by atoms with E-state index >= 15 is 0 Å². The second-order valence-corrected chi connectivity index (χ2v) is 9.59. The van der Waals surface area contributed by atoms with E-state index in [4.69, 9.17) is 4.42 Å². The van der Waals surface area contributed by atoms with Crippen molar-refractivity contribution in [1.29, 1.82) is 0 Å². The number of hydrogen-bond donors (Lipinski definition) is 0. The summed E-state index contributed by atoms with van der Waals surface area (Å²) in [6, 6.07) is 1.96. The fourth-order valence-electron chi connectivity index (χ4n) is 1.93. The van der Waals surface area contributed by atoms with Gasteiger partial charge in [0.1, 0.15) is 0 Å². The Balaban J connectivity index is 2.72. The zero-order valence-electron chi connectivity index (χ0n) is 9.13. The first-order chi connectivity index (χ1) is 9.34. The molecule has 1 heterocycles. The molecule has 0 aliphatic rings. The Kier molecular flexibility index (Phi) is 4.86. The largest absolute Gasteiger partial charge is 0.454 e. The van der Waals surface area contributed by atoms with Crippen LogP contribution in [-0.2, 0) is 0 Å². The van der Waals surface area contributed by atoms with Crippen LogP contribution in [0.4, 0.5) is 0 Å². The molecule has 3 rings (SSSR count). The maximum Gasteiger partial charge on any atom is 0.152 e. The topological polar surface area (TPSA) is 13.1 Å². The second kappa shape index (κ2) is 5.91. The molecule has 0 N–H and O–H groups in total. The van der Waals surface area contributed by atoms with Crippen LogP contribution in [0.5, 0.6) is 0 Å². The molecule has 1 nitrogen and oxygen atoms in total. The zero-order chi connectivity index (χ0) is 14.8. The average molecular weight is 720 g/mol. The molecule has 0 saturated carbocycles. The van der Waals surface area contributed by atoms with E-state index in [1.165, 1.54) is 0 Å². The fraction of sp³-hybridized carbons (Fsp3) is 0. The first kappa shape index (κ1) is 16.5. The lowest BCUT2D eigenvalue weighted by Crippen LogP contribution is -1.80. The molecule has 0 fully saturated rings. The Bertz CT molecular complexity index is 881. The van der Waals surface area contributed by atoms with Crippen molar-refractivity contribution in [3.63, 3.8) is 0 Å². The van der Waals surface area contributed by atoms with Crippen molar-refractivity contribution in [3.8, 4) is 0 Å². The summed E-state index contributed by atoms with van der Waals surface area (Å²) in [6.45, 7) is 0. The molecule has 0 radical (unpaired) electrons. The van der Waals surface area contributed by atoms with Gasteiger partial charge < -0.3 is 4.42 Å². The van der Waals surface area contributed by atoms with Gasteiger partial charge in [0.2, 0.25) is 0 Å². The van der Waals surface area contributed by atoms with Gasteiger partial charge in [0, 0.05) is 28.7 Å². The summed E-state index contributed by atoms with van der Waals surface area (Å²) < 4.78 is 12.5. The highest BCUT2D eigenvalue weighted by Crippen LogP contribution is 2.50. The number of benzene rings is 2. The number of fused-ring (bicyclic) bond motifs is 3. The molecule has 20 heavy (non-hydrogen) atoms. The fourth-order valence-corrected chi connectivity index (χ4v) is 6.03. The molecule has 1 aromatic heterocycles. The second-order valence-electron chi connectivity index (χ2n) is 3.92. The van der Waals surface area contributed by atoms with Crippen molar-refractivity contribution in [2.45, 2.75) is 0 Å². The van der Waals surface area contributed by atoms with Crippen LogP contribution in [0.3, 0.4) is 0 Å². The predicted octanol–water partition coefficient (Wildman–Crippen LogP) is 8.92. The third kappa shape index (κ3) is 2.36. The normalized spacial score (nSPS) is 11.8. The van der Waals surface area contributed by atoms with E-state index in [9.17, 15) is 0 Å². The lowest BCUT2D eigenvalue weighted by atomic mass is 10.1. The molecule has 0 atom stereocenters. The van der Waals surface area contributed by atoms with Crippen molar-refractivity contribution in [2.75, 3.05) is 0 Å². The predicted molar refractivity (Wildman–Crippen MR) is 108 cm³/mol. The Morgan fingerprint density at radius 3 is 1.75 bits per heavy atom. The van der Waals surface area contributed by atoms with Crippen molar-refractivity contribution in [3.05, 3.63) is 37.4 Å². The van der Waals surface area contributed by atoms with E-state index in [1.54, 1.807) is 0 Å². The van der Waals surface area contributed by atoms with Crippen molar-refractivity contribution in [2.24, 2.45) is 0 Å². The minimum absolute atomic E-state index is 0.779. The van der Waals surface area contributed by atoms with E-state index in [2.05, 4.69) is 112 Å². The molecule has 2 aromatic carbocycles. The van der Waals surface area contributed by atoms with Gasteiger partial charge in [0.25, 0.3) is 0 Å². The molecular formula is C12HBr7O. The molecular weight excluding hydrogens is 719 g/mol. The van der Waals surface area contributed by atoms with Crippen LogP contribution >= 0.6 is 112 Å². The Hall–Kier alpha value is 1.60. The van der Waals surface area contributed by atoms with Crippen LogP contribution in [0.25, 0.3) is 21.9 Å². The lowest BCUT2D eigenvalue weighted by molar-refractivity contribution is 0.664. The molecule has 0 bridgehead atoms. The average Bonchev–Trinajstić information content (AvgIpc) is 2.81. The minimum atomic E-state index is 0.779. The highest BCUT2D eigenvalue weighted by molar-refractivity contribution is 9.15. The Morgan fingerprint density at radius 2 is 1.10 bits per heavy atom. The highest BCUT2D eigenvalue weighted by Gasteiger charge is 2.23. The van der Waals surface area contributed by atoms with Crippen molar-refractivity contribution in [1.82, 2.24) is 0 Å². The van der Waals surface area contributed by atoms with E-state index < -0.39 is 0 Å². The summed E-state index contributed by atoms with van der Waals surface area (Å²) in [5.41, 5.74) is 1.57. The van der Waals surface area contributed by atoms with Gasteiger partial charge in [-0.05, 0) is 118 Å². The van der Waals surface area contributed by atoms with E-state index in [1.807, 2.05) is 6.07 Å². The number of furan rings is 1. The SMILES string of the molecule is Brc1cc(Br)c2oc3c(Br)c(Br)c(Br)c(Br)c3c2c1Br. The number of rotatable bonds is 0. The van der Waals surface area contributed by atoms with E-state index in [0.717, 1.165) is 53.2 Å².